The largest absolute Gasteiger partial charge is 0.228 e. The van der Waals surface area contributed by atoms with Crippen LogP contribution in [0.25, 0.3) is 78.9 Å². The molecule has 0 saturated carbocycles. The van der Waals surface area contributed by atoms with E-state index in [2.05, 4.69) is 72.8 Å². The number of hydrogen-bond acceptors (Lipinski definition) is 5. The first kappa shape index (κ1) is 30.3. The first-order valence-corrected chi connectivity index (χ1v) is 16.4. The van der Waals surface area contributed by atoms with E-state index in [0.29, 0.717) is 17.2 Å². The van der Waals surface area contributed by atoms with Crippen molar-refractivity contribution in [2.75, 3.05) is 0 Å². The second-order valence-electron chi connectivity index (χ2n) is 11.9. The molecule has 0 bridgehead atoms. The molecule has 6 aromatic carbocycles. The molecule has 5 heteroatoms. The molecule has 0 N–H and O–H groups in total. The molecule has 0 atom stereocenters. The second-order valence-corrected chi connectivity index (χ2v) is 11.9. The van der Waals surface area contributed by atoms with Gasteiger partial charge in [0.1, 0.15) is 0 Å². The molecule has 0 aliphatic carbocycles. The normalized spacial score (nSPS) is 10.8. The van der Waals surface area contributed by atoms with E-state index >= 15 is 0 Å². The summed E-state index contributed by atoms with van der Waals surface area (Å²) in [5.41, 5.74) is 12.1. The minimum atomic E-state index is 0.612. The fourth-order valence-electron chi connectivity index (χ4n) is 5.91. The molecule has 0 fully saturated rings. The molecular weight excluding hydrogens is 611 g/mol. The maximum absolute atomic E-state index is 9.27. The van der Waals surface area contributed by atoms with E-state index in [1.54, 1.807) is 0 Å². The fraction of sp³-hybridized carbons (Fsp3) is 0. The Kier molecular flexibility index (Phi) is 8.25. The van der Waals surface area contributed by atoms with Crippen LogP contribution in [-0.2, 0) is 0 Å². The molecule has 8 rings (SSSR count). The summed E-state index contributed by atoms with van der Waals surface area (Å²) in [6, 6.07) is 61.0. The van der Waals surface area contributed by atoms with Crippen molar-refractivity contribution in [2.24, 2.45) is 0 Å². The number of rotatable bonds is 7. The number of nitrogens with zero attached hydrogens (tertiary/aromatic N) is 5. The molecule has 0 saturated heterocycles. The summed E-state index contributed by atoms with van der Waals surface area (Å²) in [7, 11) is 0. The van der Waals surface area contributed by atoms with Crippen LogP contribution in [0.2, 0.25) is 0 Å². The van der Waals surface area contributed by atoms with Crippen molar-refractivity contribution in [1.82, 2.24) is 19.9 Å². The first-order valence-electron chi connectivity index (χ1n) is 16.4. The van der Waals surface area contributed by atoms with Crippen LogP contribution in [0, 0.1) is 11.3 Å². The zero-order valence-electron chi connectivity index (χ0n) is 27.0. The monoisotopic (exact) mass is 639 g/mol. The standard InChI is InChI=1S/C45H29N5/c46-30-31-16-18-36(19-17-31)42-28-41(35-12-6-2-7-13-35)48-45(50-42)39-26-22-33(23-27-39)32-20-24-37(25-21-32)43-29-40(34-10-4-1-5-11-34)47-44(49-43)38-14-8-3-9-15-38/h1-29H. The van der Waals surface area contributed by atoms with Gasteiger partial charge in [-0.15, -0.1) is 0 Å². The SMILES string of the molecule is N#Cc1ccc(-c2cc(-c3ccccc3)nc(-c3ccc(-c4ccc(-c5cc(-c6ccccc6)nc(-c6ccccc6)n5)cc4)cc3)n2)cc1. The van der Waals surface area contributed by atoms with Crippen LogP contribution in [0.5, 0.6) is 0 Å². The Labute approximate surface area is 290 Å². The number of nitriles is 1. The lowest BCUT2D eigenvalue weighted by Gasteiger charge is -2.11. The van der Waals surface area contributed by atoms with Gasteiger partial charge in [-0.3, -0.25) is 0 Å². The van der Waals surface area contributed by atoms with E-state index in [-0.39, 0.29) is 0 Å². The van der Waals surface area contributed by atoms with Gasteiger partial charge in [-0.25, -0.2) is 19.9 Å². The Morgan fingerprint density at radius 2 is 0.580 bits per heavy atom. The minimum absolute atomic E-state index is 0.612. The molecule has 8 aromatic rings. The van der Waals surface area contributed by atoms with Crippen LogP contribution in [0.4, 0.5) is 0 Å². The topological polar surface area (TPSA) is 75.3 Å². The predicted octanol–water partition coefficient (Wildman–Crippen LogP) is 10.8. The van der Waals surface area contributed by atoms with Crippen LogP contribution < -0.4 is 0 Å². The van der Waals surface area contributed by atoms with Gasteiger partial charge in [0.15, 0.2) is 11.6 Å². The van der Waals surface area contributed by atoms with Crippen molar-refractivity contribution in [1.29, 1.82) is 5.26 Å². The van der Waals surface area contributed by atoms with Crippen LogP contribution in [0.3, 0.4) is 0 Å². The maximum atomic E-state index is 9.27. The van der Waals surface area contributed by atoms with Gasteiger partial charge in [0.2, 0.25) is 0 Å². The van der Waals surface area contributed by atoms with Gasteiger partial charge in [0.05, 0.1) is 34.4 Å². The highest BCUT2D eigenvalue weighted by Crippen LogP contribution is 2.32. The van der Waals surface area contributed by atoms with Crippen LogP contribution in [-0.4, -0.2) is 19.9 Å². The van der Waals surface area contributed by atoms with Crippen molar-refractivity contribution in [2.45, 2.75) is 0 Å². The van der Waals surface area contributed by atoms with E-state index in [4.69, 9.17) is 19.9 Å². The molecule has 5 nitrogen and oxygen atoms in total. The van der Waals surface area contributed by atoms with Crippen molar-refractivity contribution < 1.29 is 0 Å². The Balaban J connectivity index is 1.11. The third kappa shape index (κ3) is 6.42. The Morgan fingerprint density at radius 1 is 0.300 bits per heavy atom. The van der Waals surface area contributed by atoms with Crippen LogP contribution in [0.1, 0.15) is 5.56 Å². The zero-order chi connectivity index (χ0) is 33.7. The highest BCUT2D eigenvalue weighted by molar-refractivity contribution is 5.76. The van der Waals surface area contributed by atoms with E-state index in [1.165, 1.54) is 0 Å². The lowest BCUT2D eigenvalue weighted by atomic mass is 10.0. The summed E-state index contributed by atoms with van der Waals surface area (Å²) in [5.74, 6) is 1.34. The van der Waals surface area contributed by atoms with Gasteiger partial charge < -0.3 is 0 Å². The minimum Gasteiger partial charge on any atom is -0.228 e. The van der Waals surface area contributed by atoms with E-state index in [0.717, 1.165) is 67.3 Å². The Hall–Kier alpha value is -7.03. The van der Waals surface area contributed by atoms with Gasteiger partial charge in [-0.1, -0.05) is 152 Å². The van der Waals surface area contributed by atoms with E-state index in [9.17, 15) is 5.26 Å². The lowest BCUT2D eigenvalue weighted by molar-refractivity contribution is 1.18. The van der Waals surface area contributed by atoms with Gasteiger partial charge in [-0.2, -0.15) is 5.26 Å². The van der Waals surface area contributed by atoms with E-state index in [1.807, 2.05) is 109 Å². The molecule has 0 aliphatic heterocycles. The molecule has 50 heavy (non-hydrogen) atoms. The summed E-state index contributed by atoms with van der Waals surface area (Å²) in [5, 5.41) is 9.27. The van der Waals surface area contributed by atoms with Crippen molar-refractivity contribution in [3.63, 3.8) is 0 Å². The Bertz CT molecular complexity index is 2380. The summed E-state index contributed by atoms with van der Waals surface area (Å²) < 4.78 is 0. The fourth-order valence-corrected chi connectivity index (χ4v) is 5.91. The highest BCUT2D eigenvalue weighted by atomic mass is 14.9. The second kappa shape index (κ2) is 13.6. The van der Waals surface area contributed by atoms with Crippen LogP contribution in [0.15, 0.2) is 176 Å². The first-order chi connectivity index (χ1) is 24.7. The molecule has 0 aliphatic rings. The van der Waals surface area contributed by atoms with Crippen molar-refractivity contribution in [3.05, 3.63) is 181 Å². The lowest BCUT2D eigenvalue weighted by Crippen LogP contribution is -1.96. The average Bonchev–Trinajstić information content (AvgIpc) is 3.21. The Morgan fingerprint density at radius 3 is 0.960 bits per heavy atom. The molecule has 0 amide bonds. The predicted molar refractivity (Wildman–Crippen MR) is 200 cm³/mol. The van der Waals surface area contributed by atoms with Gasteiger partial charge in [-0.05, 0) is 35.4 Å². The molecule has 2 heterocycles. The summed E-state index contributed by atoms with van der Waals surface area (Å²) >= 11 is 0. The van der Waals surface area contributed by atoms with Crippen molar-refractivity contribution >= 4 is 0 Å². The quantitative estimate of drug-likeness (QED) is 0.173. The molecule has 0 spiro atoms. The smallest absolute Gasteiger partial charge is 0.160 e. The van der Waals surface area contributed by atoms with Crippen molar-refractivity contribution in [3.8, 4) is 85.0 Å². The van der Waals surface area contributed by atoms with E-state index < -0.39 is 0 Å². The summed E-state index contributed by atoms with van der Waals surface area (Å²) in [6.07, 6.45) is 0. The molecule has 0 radical (unpaired) electrons. The number of benzene rings is 6. The van der Waals surface area contributed by atoms with Crippen LogP contribution >= 0.6 is 0 Å². The maximum Gasteiger partial charge on any atom is 0.160 e. The summed E-state index contributed by atoms with van der Waals surface area (Å²) in [6.45, 7) is 0. The molecule has 234 valence electrons. The third-order valence-electron chi connectivity index (χ3n) is 8.59. The van der Waals surface area contributed by atoms with Gasteiger partial charge >= 0.3 is 0 Å². The molecular formula is C45H29N5. The number of aromatic nitrogens is 4. The summed E-state index contributed by atoms with van der Waals surface area (Å²) in [4.78, 5) is 19.8. The molecule has 0 unspecified atom stereocenters. The van der Waals surface area contributed by atoms with Gasteiger partial charge in [0, 0.05) is 33.4 Å². The molecule has 2 aromatic heterocycles. The van der Waals surface area contributed by atoms with Gasteiger partial charge in [0.25, 0.3) is 0 Å². The highest BCUT2D eigenvalue weighted by Gasteiger charge is 2.13. The third-order valence-corrected chi connectivity index (χ3v) is 8.59. The zero-order valence-corrected chi connectivity index (χ0v) is 27.0. The average molecular weight is 640 g/mol. The number of hydrogen-bond donors (Lipinski definition) is 0.